The Kier molecular flexibility index (Phi) is 3.28. The monoisotopic (exact) mass is 271 g/mol. The second kappa shape index (κ2) is 4.75. The van der Waals surface area contributed by atoms with Crippen LogP contribution < -0.4 is 11.1 Å². The van der Waals surface area contributed by atoms with Gasteiger partial charge in [-0.15, -0.1) is 0 Å². The van der Waals surface area contributed by atoms with Crippen LogP contribution in [-0.2, 0) is 6.18 Å². The summed E-state index contributed by atoms with van der Waals surface area (Å²) in [5, 5.41) is 2.49. The predicted molar refractivity (Wildman–Crippen MR) is 63.3 cm³/mol. The van der Waals surface area contributed by atoms with Crippen molar-refractivity contribution in [3.63, 3.8) is 0 Å². The summed E-state index contributed by atoms with van der Waals surface area (Å²) >= 11 is 0. The van der Waals surface area contributed by atoms with Crippen molar-refractivity contribution in [1.29, 1.82) is 0 Å². The van der Waals surface area contributed by atoms with E-state index < -0.39 is 17.6 Å². The van der Waals surface area contributed by atoms with Crippen LogP contribution >= 0.6 is 0 Å². The third-order valence-electron chi connectivity index (χ3n) is 2.40. The first-order valence-corrected chi connectivity index (χ1v) is 5.22. The summed E-state index contributed by atoms with van der Waals surface area (Å²) < 4.78 is 51.1. The fourth-order valence-electron chi connectivity index (χ4n) is 1.47. The Labute approximate surface area is 106 Å². The summed E-state index contributed by atoms with van der Waals surface area (Å²) in [6, 6.07) is 5.12. The molecule has 0 saturated heterocycles. The minimum absolute atomic E-state index is 0.0688. The van der Waals surface area contributed by atoms with Crippen LogP contribution in [0.15, 0.2) is 36.5 Å². The van der Waals surface area contributed by atoms with Gasteiger partial charge in [-0.25, -0.2) is 9.37 Å². The summed E-state index contributed by atoms with van der Waals surface area (Å²) in [5.41, 5.74) is 4.50. The van der Waals surface area contributed by atoms with E-state index in [0.717, 1.165) is 6.07 Å². The Morgan fingerprint density at radius 3 is 2.47 bits per heavy atom. The highest BCUT2D eigenvalue weighted by Gasteiger charge is 2.31. The molecule has 0 saturated carbocycles. The van der Waals surface area contributed by atoms with E-state index in [9.17, 15) is 17.6 Å². The number of halogens is 4. The molecular formula is C12H9F4N3. The standard InChI is InChI=1S/C12H9F4N3/c13-8-4-3-7(12(14,15)16)6-10(8)19-9-2-1-5-18-11(9)17/h1-6,19H,(H2,17,18). The Bertz CT molecular complexity index is 596. The van der Waals surface area contributed by atoms with Gasteiger partial charge in [0.15, 0.2) is 0 Å². The minimum Gasteiger partial charge on any atom is -0.382 e. The molecule has 0 atom stereocenters. The molecule has 3 nitrogen and oxygen atoms in total. The first kappa shape index (κ1) is 13.1. The van der Waals surface area contributed by atoms with Crippen LogP contribution in [0.3, 0.4) is 0 Å². The molecule has 100 valence electrons. The smallest absolute Gasteiger partial charge is 0.382 e. The van der Waals surface area contributed by atoms with Crippen LogP contribution in [0.1, 0.15) is 5.56 Å². The Morgan fingerprint density at radius 2 is 1.84 bits per heavy atom. The van der Waals surface area contributed by atoms with Gasteiger partial charge in [0.1, 0.15) is 11.6 Å². The molecule has 0 aliphatic rings. The average Bonchev–Trinajstić information content (AvgIpc) is 2.33. The SMILES string of the molecule is Nc1ncccc1Nc1cc(C(F)(F)F)ccc1F. The van der Waals surface area contributed by atoms with Crippen molar-refractivity contribution in [2.45, 2.75) is 6.18 Å². The van der Waals surface area contributed by atoms with E-state index in [4.69, 9.17) is 5.73 Å². The molecule has 7 heteroatoms. The van der Waals surface area contributed by atoms with E-state index in [1.807, 2.05) is 0 Å². The van der Waals surface area contributed by atoms with Gasteiger partial charge in [-0.1, -0.05) is 0 Å². The van der Waals surface area contributed by atoms with Crippen molar-refractivity contribution < 1.29 is 17.6 Å². The van der Waals surface area contributed by atoms with Crippen molar-refractivity contribution in [2.24, 2.45) is 0 Å². The Balaban J connectivity index is 2.38. The molecule has 0 spiro atoms. The molecule has 0 fully saturated rings. The molecule has 3 N–H and O–H groups in total. The molecule has 2 aromatic rings. The zero-order chi connectivity index (χ0) is 14.0. The lowest BCUT2D eigenvalue weighted by Crippen LogP contribution is -2.07. The maximum absolute atomic E-state index is 13.5. The number of hydrogen-bond donors (Lipinski definition) is 2. The third-order valence-corrected chi connectivity index (χ3v) is 2.40. The number of benzene rings is 1. The van der Waals surface area contributed by atoms with Crippen molar-refractivity contribution in [3.05, 3.63) is 47.9 Å². The average molecular weight is 271 g/mol. The fraction of sp³-hybridized carbons (Fsp3) is 0.0833. The normalized spacial score (nSPS) is 11.4. The highest BCUT2D eigenvalue weighted by atomic mass is 19.4. The van der Waals surface area contributed by atoms with E-state index in [0.29, 0.717) is 12.1 Å². The van der Waals surface area contributed by atoms with Crippen LogP contribution in [-0.4, -0.2) is 4.98 Å². The molecule has 0 radical (unpaired) electrons. The number of nitrogen functional groups attached to an aromatic ring is 1. The molecule has 1 aromatic carbocycles. The number of aromatic nitrogens is 1. The minimum atomic E-state index is -4.54. The molecule has 0 aliphatic heterocycles. The summed E-state index contributed by atoms with van der Waals surface area (Å²) in [7, 11) is 0. The van der Waals surface area contributed by atoms with Crippen LogP contribution in [0, 0.1) is 5.82 Å². The number of nitrogens with one attached hydrogen (secondary N) is 1. The summed E-state index contributed by atoms with van der Waals surface area (Å²) in [6.07, 6.45) is -3.12. The second-order valence-corrected chi connectivity index (χ2v) is 3.75. The van der Waals surface area contributed by atoms with Gasteiger partial charge in [-0.05, 0) is 30.3 Å². The lowest BCUT2D eigenvalue weighted by Gasteiger charge is -2.12. The van der Waals surface area contributed by atoms with E-state index in [2.05, 4.69) is 10.3 Å². The highest BCUT2D eigenvalue weighted by molar-refractivity contribution is 5.70. The number of alkyl halides is 3. The maximum atomic E-state index is 13.5. The molecule has 19 heavy (non-hydrogen) atoms. The van der Waals surface area contributed by atoms with Gasteiger partial charge in [0, 0.05) is 6.20 Å². The topological polar surface area (TPSA) is 50.9 Å². The number of hydrogen-bond acceptors (Lipinski definition) is 3. The van der Waals surface area contributed by atoms with E-state index in [1.54, 1.807) is 0 Å². The van der Waals surface area contributed by atoms with Crippen molar-refractivity contribution in [1.82, 2.24) is 4.98 Å². The maximum Gasteiger partial charge on any atom is 0.416 e. The molecule has 1 heterocycles. The summed E-state index contributed by atoms with van der Waals surface area (Å²) in [4.78, 5) is 3.75. The zero-order valence-electron chi connectivity index (χ0n) is 9.50. The Morgan fingerprint density at radius 1 is 1.11 bits per heavy atom. The van der Waals surface area contributed by atoms with Crippen molar-refractivity contribution in [2.75, 3.05) is 11.1 Å². The number of nitrogens with zero attached hydrogens (tertiary/aromatic N) is 1. The van der Waals surface area contributed by atoms with Crippen LogP contribution in [0.2, 0.25) is 0 Å². The van der Waals surface area contributed by atoms with Gasteiger partial charge in [0.05, 0.1) is 16.9 Å². The predicted octanol–water partition coefficient (Wildman–Crippen LogP) is 3.57. The van der Waals surface area contributed by atoms with Gasteiger partial charge in [-0.3, -0.25) is 0 Å². The lowest BCUT2D eigenvalue weighted by atomic mass is 10.2. The van der Waals surface area contributed by atoms with E-state index in [1.165, 1.54) is 18.3 Å². The van der Waals surface area contributed by atoms with Gasteiger partial charge >= 0.3 is 6.18 Å². The van der Waals surface area contributed by atoms with E-state index in [-0.39, 0.29) is 17.2 Å². The summed E-state index contributed by atoms with van der Waals surface area (Å²) in [6.45, 7) is 0. The fourth-order valence-corrected chi connectivity index (χ4v) is 1.47. The summed E-state index contributed by atoms with van der Waals surface area (Å²) in [5.74, 6) is -0.740. The number of nitrogens with two attached hydrogens (primary N) is 1. The van der Waals surface area contributed by atoms with E-state index >= 15 is 0 Å². The largest absolute Gasteiger partial charge is 0.416 e. The molecule has 0 unspecified atom stereocenters. The molecule has 1 aromatic heterocycles. The van der Waals surface area contributed by atoms with Crippen molar-refractivity contribution >= 4 is 17.2 Å². The van der Waals surface area contributed by atoms with Crippen LogP contribution in [0.4, 0.5) is 34.8 Å². The lowest BCUT2D eigenvalue weighted by molar-refractivity contribution is -0.137. The Hall–Kier alpha value is -2.31. The first-order valence-electron chi connectivity index (χ1n) is 5.22. The number of anilines is 3. The van der Waals surface area contributed by atoms with Gasteiger partial charge in [-0.2, -0.15) is 13.2 Å². The third kappa shape index (κ3) is 2.93. The molecular weight excluding hydrogens is 262 g/mol. The van der Waals surface area contributed by atoms with Gasteiger partial charge in [0.2, 0.25) is 0 Å². The quantitative estimate of drug-likeness (QED) is 0.821. The van der Waals surface area contributed by atoms with Crippen LogP contribution in [0.25, 0.3) is 0 Å². The number of pyridine rings is 1. The van der Waals surface area contributed by atoms with Gasteiger partial charge in [0.25, 0.3) is 0 Å². The molecule has 0 aliphatic carbocycles. The van der Waals surface area contributed by atoms with Crippen molar-refractivity contribution in [3.8, 4) is 0 Å². The van der Waals surface area contributed by atoms with Gasteiger partial charge < -0.3 is 11.1 Å². The molecule has 0 bridgehead atoms. The highest BCUT2D eigenvalue weighted by Crippen LogP contribution is 2.33. The first-order chi connectivity index (χ1) is 8.88. The second-order valence-electron chi connectivity index (χ2n) is 3.75. The molecule has 0 amide bonds. The number of rotatable bonds is 2. The molecule has 2 rings (SSSR count). The van der Waals surface area contributed by atoms with Crippen LogP contribution in [0.5, 0.6) is 0 Å². The zero-order valence-corrected chi connectivity index (χ0v) is 9.50.